The van der Waals surface area contributed by atoms with E-state index < -0.39 is 0 Å². The SMILES string of the molecule is C[C@H](O)C[C@@H](CN[C@H]1CCCNc2ccccc21)c1ccccc1. The van der Waals surface area contributed by atoms with Crippen LogP contribution in [0.4, 0.5) is 5.69 Å². The van der Waals surface area contributed by atoms with Gasteiger partial charge in [0.2, 0.25) is 0 Å². The molecule has 0 radical (unpaired) electrons. The van der Waals surface area contributed by atoms with Crippen LogP contribution in [0.15, 0.2) is 54.6 Å². The van der Waals surface area contributed by atoms with Crippen molar-refractivity contribution < 1.29 is 5.11 Å². The molecule has 0 fully saturated rings. The van der Waals surface area contributed by atoms with Crippen molar-refractivity contribution in [2.45, 2.75) is 44.2 Å². The fraction of sp³-hybridized carbons (Fsp3) is 0.429. The summed E-state index contributed by atoms with van der Waals surface area (Å²) >= 11 is 0. The van der Waals surface area contributed by atoms with Crippen molar-refractivity contribution in [2.24, 2.45) is 0 Å². The van der Waals surface area contributed by atoms with E-state index in [9.17, 15) is 5.11 Å². The number of hydrogen-bond acceptors (Lipinski definition) is 3. The minimum Gasteiger partial charge on any atom is -0.393 e. The molecule has 3 rings (SSSR count). The third-order valence-corrected chi connectivity index (χ3v) is 4.83. The summed E-state index contributed by atoms with van der Waals surface area (Å²) in [5, 5.41) is 17.2. The van der Waals surface area contributed by atoms with Crippen LogP contribution in [0.3, 0.4) is 0 Å². The molecule has 1 aliphatic rings. The van der Waals surface area contributed by atoms with E-state index in [2.05, 4.69) is 59.2 Å². The van der Waals surface area contributed by atoms with Crippen LogP contribution in [-0.4, -0.2) is 24.3 Å². The Labute approximate surface area is 145 Å². The second kappa shape index (κ2) is 8.32. The summed E-state index contributed by atoms with van der Waals surface area (Å²) in [5.74, 6) is 0.328. The highest BCUT2D eigenvalue weighted by Gasteiger charge is 2.20. The van der Waals surface area contributed by atoms with E-state index in [0.717, 1.165) is 25.9 Å². The largest absolute Gasteiger partial charge is 0.393 e. The first kappa shape index (κ1) is 17.0. The molecule has 3 atom stereocenters. The highest BCUT2D eigenvalue weighted by atomic mass is 16.3. The summed E-state index contributed by atoms with van der Waals surface area (Å²) in [7, 11) is 0. The Hall–Kier alpha value is -1.84. The molecule has 2 aromatic carbocycles. The lowest BCUT2D eigenvalue weighted by Gasteiger charge is -2.24. The Morgan fingerprint density at radius 3 is 2.67 bits per heavy atom. The van der Waals surface area contributed by atoms with Gasteiger partial charge in [0.25, 0.3) is 0 Å². The van der Waals surface area contributed by atoms with E-state index in [1.54, 1.807) is 0 Å². The monoisotopic (exact) mass is 324 g/mol. The van der Waals surface area contributed by atoms with E-state index in [1.165, 1.54) is 23.2 Å². The summed E-state index contributed by atoms with van der Waals surface area (Å²) in [6, 6.07) is 19.5. The summed E-state index contributed by atoms with van der Waals surface area (Å²) in [6.07, 6.45) is 2.79. The standard InChI is InChI=1S/C21H28N2O/c1-16(24)14-18(17-8-3-2-4-9-17)15-23-21-12-7-13-22-20-11-6-5-10-19(20)21/h2-6,8-11,16,18,21-24H,7,12-15H2,1H3/t16-,18-,21-/m0/s1. The second-order valence-electron chi connectivity index (χ2n) is 6.81. The van der Waals surface area contributed by atoms with Crippen molar-refractivity contribution in [3.05, 3.63) is 65.7 Å². The zero-order chi connectivity index (χ0) is 16.8. The number of anilines is 1. The predicted octanol–water partition coefficient (Wildman–Crippen LogP) is 4.08. The van der Waals surface area contributed by atoms with Gasteiger partial charge in [0.1, 0.15) is 0 Å². The molecule has 0 amide bonds. The molecule has 0 unspecified atom stereocenters. The molecule has 128 valence electrons. The topological polar surface area (TPSA) is 44.3 Å². The average Bonchev–Trinajstić information content (AvgIpc) is 2.81. The molecule has 0 aliphatic carbocycles. The Balaban J connectivity index is 1.72. The molecule has 1 aliphatic heterocycles. The maximum Gasteiger partial charge on any atom is 0.0518 e. The first-order valence-corrected chi connectivity index (χ1v) is 9.03. The summed E-state index contributed by atoms with van der Waals surface area (Å²) in [4.78, 5) is 0. The lowest BCUT2D eigenvalue weighted by Crippen LogP contribution is -2.28. The number of fused-ring (bicyclic) bond motifs is 1. The van der Waals surface area contributed by atoms with Gasteiger partial charge >= 0.3 is 0 Å². The zero-order valence-corrected chi connectivity index (χ0v) is 14.4. The Morgan fingerprint density at radius 1 is 1.12 bits per heavy atom. The van der Waals surface area contributed by atoms with Gasteiger partial charge in [-0.15, -0.1) is 0 Å². The van der Waals surface area contributed by atoms with Gasteiger partial charge in [-0.1, -0.05) is 48.5 Å². The van der Waals surface area contributed by atoms with E-state index in [4.69, 9.17) is 0 Å². The number of hydrogen-bond donors (Lipinski definition) is 3. The van der Waals surface area contributed by atoms with Crippen molar-refractivity contribution in [2.75, 3.05) is 18.4 Å². The van der Waals surface area contributed by atoms with Crippen molar-refractivity contribution in [3.63, 3.8) is 0 Å². The number of benzene rings is 2. The van der Waals surface area contributed by atoms with E-state index in [-0.39, 0.29) is 6.10 Å². The molecule has 0 saturated carbocycles. The van der Waals surface area contributed by atoms with Crippen LogP contribution >= 0.6 is 0 Å². The van der Waals surface area contributed by atoms with Crippen LogP contribution in [0.25, 0.3) is 0 Å². The van der Waals surface area contributed by atoms with Gasteiger partial charge in [-0.05, 0) is 49.3 Å². The fourth-order valence-electron chi connectivity index (χ4n) is 3.62. The Morgan fingerprint density at radius 2 is 1.88 bits per heavy atom. The molecule has 0 bridgehead atoms. The molecule has 3 nitrogen and oxygen atoms in total. The molecule has 2 aromatic rings. The Kier molecular flexibility index (Phi) is 5.89. The van der Waals surface area contributed by atoms with Gasteiger partial charge in [-0.3, -0.25) is 0 Å². The molecule has 3 heteroatoms. The number of rotatable bonds is 6. The molecular weight excluding hydrogens is 296 g/mol. The van der Waals surface area contributed by atoms with Gasteiger partial charge < -0.3 is 15.7 Å². The number of aliphatic hydroxyl groups excluding tert-OH is 1. The van der Waals surface area contributed by atoms with Gasteiger partial charge in [0.05, 0.1) is 6.10 Å². The minimum absolute atomic E-state index is 0.292. The van der Waals surface area contributed by atoms with Gasteiger partial charge in [0, 0.05) is 24.8 Å². The quantitative estimate of drug-likeness (QED) is 0.750. The maximum atomic E-state index is 9.89. The van der Waals surface area contributed by atoms with Gasteiger partial charge in [-0.2, -0.15) is 0 Å². The van der Waals surface area contributed by atoms with Crippen LogP contribution < -0.4 is 10.6 Å². The Bertz CT molecular complexity index is 627. The van der Waals surface area contributed by atoms with Crippen molar-refractivity contribution in [1.82, 2.24) is 5.32 Å². The molecule has 0 spiro atoms. The van der Waals surface area contributed by atoms with E-state index >= 15 is 0 Å². The predicted molar refractivity (Wildman–Crippen MR) is 100 cm³/mol. The number of aliphatic hydroxyl groups is 1. The smallest absolute Gasteiger partial charge is 0.0518 e. The number of para-hydroxylation sites is 1. The highest BCUT2D eigenvalue weighted by molar-refractivity contribution is 5.53. The normalized spacial score (nSPS) is 19.7. The first-order valence-electron chi connectivity index (χ1n) is 9.03. The number of nitrogens with one attached hydrogen (secondary N) is 2. The summed E-state index contributed by atoms with van der Waals surface area (Å²) < 4.78 is 0. The lowest BCUT2D eigenvalue weighted by atomic mass is 9.92. The molecule has 3 N–H and O–H groups in total. The third-order valence-electron chi connectivity index (χ3n) is 4.83. The lowest BCUT2D eigenvalue weighted by molar-refractivity contribution is 0.172. The highest BCUT2D eigenvalue weighted by Crippen LogP contribution is 2.30. The molecular formula is C21H28N2O. The van der Waals surface area contributed by atoms with Crippen molar-refractivity contribution in [3.8, 4) is 0 Å². The maximum absolute atomic E-state index is 9.89. The molecule has 0 saturated heterocycles. The average molecular weight is 324 g/mol. The zero-order valence-electron chi connectivity index (χ0n) is 14.4. The van der Waals surface area contributed by atoms with Crippen molar-refractivity contribution >= 4 is 5.69 Å². The van der Waals surface area contributed by atoms with Crippen LogP contribution in [0.2, 0.25) is 0 Å². The van der Waals surface area contributed by atoms with E-state index in [1.807, 2.05) is 13.0 Å². The first-order chi connectivity index (χ1) is 11.7. The van der Waals surface area contributed by atoms with Gasteiger partial charge in [-0.25, -0.2) is 0 Å². The fourth-order valence-corrected chi connectivity index (χ4v) is 3.62. The molecule has 0 aromatic heterocycles. The van der Waals surface area contributed by atoms with Crippen LogP contribution in [0.1, 0.15) is 49.3 Å². The van der Waals surface area contributed by atoms with Crippen LogP contribution in [0.5, 0.6) is 0 Å². The van der Waals surface area contributed by atoms with Crippen LogP contribution in [-0.2, 0) is 0 Å². The van der Waals surface area contributed by atoms with Crippen molar-refractivity contribution in [1.29, 1.82) is 0 Å². The van der Waals surface area contributed by atoms with Crippen LogP contribution in [0, 0.1) is 0 Å². The van der Waals surface area contributed by atoms with E-state index in [0.29, 0.717) is 12.0 Å². The minimum atomic E-state index is -0.292. The molecule has 1 heterocycles. The second-order valence-corrected chi connectivity index (χ2v) is 6.81. The summed E-state index contributed by atoms with van der Waals surface area (Å²) in [5.41, 5.74) is 3.91. The summed E-state index contributed by atoms with van der Waals surface area (Å²) in [6.45, 7) is 3.79. The van der Waals surface area contributed by atoms with Gasteiger partial charge in [0.15, 0.2) is 0 Å². The third kappa shape index (κ3) is 4.37. The molecule has 24 heavy (non-hydrogen) atoms.